The molecule has 0 spiro atoms. The average molecular weight is 318 g/mol. The molecule has 1 aliphatic heterocycles. The predicted octanol–water partition coefficient (Wildman–Crippen LogP) is 1.69. The van der Waals surface area contributed by atoms with Crippen LogP contribution in [0.25, 0.3) is 0 Å². The Morgan fingerprint density at radius 2 is 1.91 bits per heavy atom. The molecule has 1 atom stereocenters. The molecule has 1 aliphatic carbocycles. The van der Waals surface area contributed by atoms with Gasteiger partial charge in [-0.05, 0) is 25.7 Å². The van der Waals surface area contributed by atoms with Crippen LogP contribution in [0, 0.1) is 5.92 Å². The summed E-state index contributed by atoms with van der Waals surface area (Å²) in [5, 5.41) is 0. The minimum absolute atomic E-state index is 0.0511. The molecule has 0 aromatic rings. The van der Waals surface area contributed by atoms with Crippen LogP contribution >= 0.6 is 0 Å². The standard InChI is InChI=1S/C15H24F2N2O3/c1-22-10-14(9-12(18)20)5-2-8-19(14)13(21)11-3-6-15(16,17)7-4-11/h11H,2-10H2,1H3,(H2,18,20)/t14-/m0/s1. The van der Waals surface area contributed by atoms with Gasteiger partial charge in [0.2, 0.25) is 17.7 Å². The zero-order valence-corrected chi connectivity index (χ0v) is 12.9. The van der Waals surface area contributed by atoms with E-state index in [0.717, 1.165) is 6.42 Å². The lowest BCUT2D eigenvalue weighted by atomic mass is 9.84. The van der Waals surface area contributed by atoms with Crippen LogP contribution in [0.15, 0.2) is 0 Å². The van der Waals surface area contributed by atoms with Crippen LogP contribution in [0.3, 0.4) is 0 Å². The maximum absolute atomic E-state index is 13.3. The summed E-state index contributed by atoms with van der Waals surface area (Å²) in [5.74, 6) is -3.65. The minimum Gasteiger partial charge on any atom is -0.382 e. The van der Waals surface area contributed by atoms with Crippen molar-refractivity contribution < 1.29 is 23.1 Å². The van der Waals surface area contributed by atoms with Crippen molar-refractivity contribution in [1.82, 2.24) is 4.90 Å². The summed E-state index contributed by atoms with van der Waals surface area (Å²) in [5.41, 5.74) is 4.62. The molecule has 1 saturated heterocycles. The summed E-state index contributed by atoms with van der Waals surface area (Å²) < 4.78 is 31.7. The fourth-order valence-corrected chi connectivity index (χ4v) is 3.77. The van der Waals surface area contributed by atoms with Gasteiger partial charge in [0.25, 0.3) is 0 Å². The minimum atomic E-state index is -2.65. The average Bonchev–Trinajstić information content (AvgIpc) is 2.81. The van der Waals surface area contributed by atoms with E-state index >= 15 is 0 Å². The fourth-order valence-electron chi connectivity index (χ4n) is 3.77. The molecule has 126 valence electrons. The molecule has 0 bridgehead atoms. The Morgan fingerprint density at radius 1 is 1.27 bits per heavy atom. The van der Waals surface area contributed by atoms with E-state index in [4.69, 9.17) is 10.5 Å². The summed E-state index contributed by atoms with van der Waals surface area (Å²) >= 11 is 0. The van der Waals surface area contributed by atoms with Crippen LogP contribution in [0.2, 0.25) is 0 Å². The number of nitrogens with zero attached hydrogens (tertiary/aromatic N) is 1. The van der Waals surface area contributed by atoms with E-state index in [-0.39, 0.29) is 50.5 Å². The Bertz CT molecular complexity index is 435. The lowest BCUT2D eigenvalue weighted by molar-refractivity contribution is -0.147. The summed E-state index contributed by atoms with van der Waals surface area (Å²) in [6.45, 7) is 0.771. The highest BCUT2D eigenvalue weighted by Crippen LogP contribution is 2.40. The van der Waals surface area contributed by atoms with Crippen LogP contribution in [-0.4, -0.2) is 48.4 Å². The first kappa shape index (κ1) is 17.1. The van der Waals surface area contributed by atoms with Crippen molar-refractivity contribution in [2.75, 3.05) is 20.3 Å². The lowest BCUT2D eigenvalue weighted by Gasteiger charge is -2.40. The monoisotopic (exact) mass is 318 g/mol. The zero-order valence-electron chi connectivity index (χ0n) is 12.9. The second kappa shape index (κ2) is 6.48. The molecule has 5 nitrogen and oxygen atoms in total. The Hall–Kier alpha value is -1.24. The van der Waals surface area contributed by atoms with Crippen molar-refractivity contribution in [3.05, 3.63) is 0 Å². The molecular weight excluding hydrogens is 294 g/mol. The van der Waals surface area contributed by atoms with Crippen LogP contribution in [0.1, 0.15) is 44.9 Å². The van der Waals surface area contributed by atoms with E-state index in [1.165, 1.54) is 7.11 Å². The first-order chi connectivity index (χ1) is 10.3. The second-order valence-electron chi connectivity index (χ2n) is 6.52. The quantitative estimate of drug-likeness (QED) is 0.838. The van der Waals surface area contributed by atoms with Gasteiger partial charge >= 0.3 is 0 Å². The highest BCUT2D eigenvalue weighted by Gasteiger charge is 2.47. The first-order valence-corrected chi connectivity index (χ1v) is 7.76. The molecule has 22 heavy (non-hydrogen) atoms. The largest absolute Gasteiger partial charge is 0.382 e. The van der Waals surface area contributed by atoms with Crippen molar-refractivity contribution in [2.45, 2.75) is 56.4 Å². The van der Waals surface area contributed by atoms with Gasteiger partial charge in [0.15, 0.2) is 0 Å². The van der Waals surface area contributed by atoms with Crippen LogP contribution in [0.4, 0.5) is 8.78 Å². The molecule has 0 aromatic carbocycles. The van der Waals surface area contributed by atoms with Gasteiger partial charge in [-0.3, -0.25) is 9.59 Å². The molecule has 0 radical (unpaired) electrons. The van der Waals surface area contributed by atoms with E-state index < -0.39 is 17.4 Å². The number of hydrogen-bond donors (Lipinski definition) is 1. The molecular formula is C15H24F2N2O3. The van der Waals surface area contributed by atoms with E-state index in [2.05, 4.69) is 0 Å². The van der Waals surface area contributed by atoms with Gasteiger partial charge in [-0.2, -0.15) is 0 Å². The van der Waals surface area contributed by atoms with E-state index in [1.807, 2.05) is 0 Å². The number of likely N-dealkylation sites (tertiary alicyclic amines) is 1. The third-order valence-corrected chi connectivity index (χ3v) is 4.85. The zero-order chi connectivity index (χ0) is 16.4. The third-order valence-electron chi connectivity index (χ3n) is 4.85. The highest BCUT2D eigenvalue weighted by atomic mass is 19.3. The van der Waals surface area contributed by atoms with Gasteiger partial charge in [0, 0.05) is 32.4 Å². The first-order valence-electron chi connectivity index (χ1n) is 7.76. The van der Waals surface area contributed by atoms with Gasteiger partial charge in [-0.25, -0.2) is 8.78 Å². The van der Waals surface area contributed by atoms with Crippen molar-refractivity contribution in [2.24, 2.45) is 11.7 Å². The van der Waals surface area contributed by atoms with Crippen molar-refractivity contribution in [3.8, 4) is 0 Å². The van der Waals surface area contributed by atoms with Crippen molar-refractivity contribution >= 4 is 11.8 Å². The summed E-state index contributed by atoms with van der Waals surface area (Å²) in [7, 11) is 1.52. The molecule has 2 fully saturated rings. The maximum Gasteiger partial charge on any atom is 0.248 e. The molecule has 2 N–H and O–H groups in total. The van der Waals surface area contributed by atoms with Crippen LogP contribution < -0.4 is 5.73 Å². The summed E-state index contributed by atoms with van der Waals surface area (Å²) in [6, 6.07) is 0. The molecule has 7 heteroatoms. The predicted molar refractivity (Wildman–Crippen MR) is 76.3 cm³/mol. The number of methoxy groups -OCH3 is 1. The molecule has 2 rings (SSSR count). The fraction of sp³-hybridized carbons (Fsp3) is 0.867. The summed E-state index contributed by atoms with van der Waals surface area (Å²) in [4.78, 5) is 25.8. The van der Waals surface area contributed by atoms with E-state index in [0.29, 0.717) is 13.0 Å². The number of ether oxygens (including phenoxy) is 1. The lowest BCUT2D eigenvalue weighted by Crippen LogP contribution is -2.54. The number of nitrogens with two attached hydrogens (primary N) is 1. The van der Waals surface area contributed by atoms with E-state index in [9.17, 15) is 18.4 Å². The van der Waals surface area contributed by atoms with Gasteiger partial charge in [-0.1, -0.05) is 0 Å². The number of halogens is 2. The second-order valence-corrected chi connectivity index (χ2v) is 6.52. The van der Waals surface area contributed by atoms with Crippen LogP contribution in [-0.2, 0) is 14.3 Å². The molecule has 0 aromatic heterocycles. The smallest absolute Gasteiger partial charge is 0.248 e. The molecule has 1 heterocycles. The van der Waals surface area contributed by atoms with Gasteiger partial charge in [0.1, 0.15) is 0 Å². The Morgan fingerprint density at radius 3 is 2.45 bits per heavy atom. The maximum atomic E-state index is 13.3. The third kappa shape index (κ3) is 3.56. The Labute approximate surface area is 129 Å². The van der Waals surface area contributed by atoms with Gasteiger partial charge in [-0.15, -0.1) is 0 Å². The number of alkyl halides is 2. The van der Waals surface area contributed by atoms with E-state index in [1.54, 1.807) is 4.90 Å². The number of carbonyl (C=O) groups excluding carboxylic acids is 2. The summed E-state index contributed by atoms with van der Waals surface area (Å²) in [6.07, 6.45) is 1.37. The van der Waals surface area contributed by atoms with Gasteiger partial charge in [0.05, 0.1) is 18.6 Å². The number of amides is 2. The molecule has 0 unspecified atom stereocenters. The molecule has 2 amide bonds. The number of primary amides is 1. The van der Waals surface area contributed by atoms with Crippen molar-refractivity contribution in [1.29, 1.82) is 0 Å². The number of carbonyl (C=O) groups is 2. The van der Waals surface area contributed by atoms with Crippen LogP contribution in [0.5, 0.6) is 0 Å². The number of rotatable bonds is 5. The van der Waals surface area contributed by atoms with Gasteiger partial charge < -0.3 is 15.4 Å². The SMILES string of the molecule is COC[C@@]1(CC(N)=O)CCCN1C(=O)C1CCC(F)(F)CC1. The Balaban J connectivity index is 2.11. The Kier molecular flexibility index (Phi) is 5.04. The number of hydrogen-bond acceptors (Lipinski definition) is 3. The molecule has 2 aliphatic rings. The topological polar surface area (TPSA) is 72.6 Å². The molecule has 1 saturated carbocycles. The highest BCUT2D eigenvalue weighted by molar-refractivity contribution is 5.82. The van der Waals surface area contributed by atoms with Crippen molar-refractivity contribution in [3.63, 3.8) is 0 Å². The normalized spacial score (nSPS) is 28.8.